The molecule has 1 saturated carbocycles. The van der Waals surface area contributed by atoms with E-state index in [1.54, 1.807) is 6.92 Å². The Morgan fingerprint density at radius 1 is 1.20 bits per heavy atom. The second-order valence-corrected chi connectivity index (χ2v) is 6.99. The molecule has 0 bridgehead atoms. The Bertz CT molecular complexity index is 532. The van der Waals surface area contributed by atoms with Gasteiger partial charge in [-0.25, -0.2) is 0 Å². The monoisotopic (exact) mass is 364 g/mol. The van der Waals surface area contributed by atoms with Crippen LogP contribution in [0.5, 0.6) is 0 Å². The summed E-state index contributed by atoms with van der Waals surface area (Å²) >= 11 is 0. The van der Waals surface area contributed by atoms with Crippen LogP contribution >= 0.6 is 0 Å². The van der Waals surface area contributed by atoms with Gasteiger partial charge in [0.1, 0.15) is 0 Å². The molecule has 0 radical (unpaired) electrons. The van der Waals surface area contributed by atoms with Gasteiger partial charge in [0.2, 0.25) is 11.8 Å². The SMILES string of the molecule is CC(CC(=O)N1C[C@@H](C(F)(F)F)[C@H](C(=O)O)C1)NC(=O)C1CCCC1. The largest absolute Gasteiger partial charge is 0.481 e. The fourth-order valence-electron chi connectivity index (χ4n) is 3.58. The van der Waals surface area contributed by atoms with Crippen molar-refractivity contribution in [2.45, 2.75) is 51.2 Å². The van der Waals surface area contributed by atoms with E-state index in [9.17, 15) is 27.6 Å². The average Bonchev–Trinajstić information content (AvgIpc) is 3.16. The zero-order chi connectivity index (χ0) is 18.8. The van der Waals surface area contributed by atoms with Crippen LogP contribution in [0.25, 0.3) is 0 Å². The van der Waals surface area contributed by atoms with Gasteiger partial charge >= 0.3 is 12.1 Å². The fourth-order valence-corrected chi connectivity index (χ4v) is 3.58. The van der Waals surface area contributed by atoms with E-state index >= 15 is 0 Å². The van der Waals surface area contributed by atoms with Gasteiger partial charge in [-0.2, -0.15) is 13.2 Å². The standard InChI is InChI=1S/C16H23F3N2O4/c1-9(20-14(23)10-4-2-3-5-10)6-13(22)21-7-11(15(24)25)12(8-21)16(17,18)19/h9-12H,2-8H2,1H3,(H,20,23)(H,24,25)/t9?,11-,12-/m1/s1. The summed E-state index contributed by atoms with van der Waals surface area (Å²) in [4.78, 5) is 36.2. The molecule has 0 spiro atoms. The van der Waals surface area contributed by atoms with Crippen LogP contribution in [-0.2, 0) is 14.4 Å². The van der Waals surface area contributed by atoms with Crippen LogP contribution < -0.4 is 5.32 Å². The summed E-state index contributed by atoms with van der Waals surface area (Å²) < 4.78 is 38.9. The number of carbonyl (C=O) groups excluding carboxylic acids is 2. The van der Waals surface area contributed by atoms with Crippen LogP contribution in [0.15, 0.2) is 0 Å². The Hall–Kier alpha value is -1.80. The van der Waals surface area contributed by atoms with Crippen LogP contribution in [-0.4, -0.2) is 53.1 Å². The van der Waals surface area contributed by atoms with Crippen molar-refractivity contribution in [2.75, 3.05) is 13.1 Å². The van der Waals surface area contributed by atoms with Crippen LogP contribution in [0, 0.1) is 17.8 Å². The first-order valence-electron chi connectivity index (χ1n) is 8.47. The van der Waals surface area contributed by atoms with Crippen molar-refractivity contribution in [3.05, 3.63) is 0 Å². The summed E-state index contributed by atoms with van der Waals surface area (Å²) in [7, 11) is 0. The highest BCUT2D eigenvalue weighted by Gasteiger charge is 2.53. The molecule has 25 heavy (non-hydrogen) atoms. The third-order valence-corrected chi connectivity index (χ3v) is 5.01. The topological polar surface area (TPSA) is 86.7 Å². The zero-order valence-electron chi connectivity index (χ0n) is 14.0. The van der Waals surface area contributed by atoms with Gasteiger partial charge in [0.05, 0.1) is 11.8 Å². The summed E-state index contributed by atoms with van der Waals surface area (Å²) in [5, 5.41) is 11.7. The van der Waals surface area contributed by atoms with Crippen molar-refractivity contribution in [1.29, 1.82) is 0 Å². The third kappa shape index (κ3) is 4.85. The Balaban J connectivity index is 1.89. The highest BCUT2D eigenvalue weighted by atomic mass is 19.4. The van der Waals surface area contributed by atoms with Crippen LogP contribution in [0.2, 0.25) is 0 Å². The lowest BCUT2D eigenvalue weighted by Gasteiger charge is -2.21. The van der Waals surface area contributed by atoms with Crippen molar-refractivity contribution in [2.24, 2.45) is 17.8 Å². The number of rotatable bonds is 5. The molecule has 1 unspecified atom stereocenters. The molecular weight excluding hydrogens is 341 g/mol. The van der Waals surface area contributed by atoms with E-state index in [-0.39, 0.29) is 18.2 Å². The van der Waals surface area contributed by atoms with Gasteiger partial charge in [-0.15, -0.1) is 0 Å². The molecule has 1 aliphatic heterocycles. The molecule has 1 heterocycles. The summed E-state index contributed by atoms with van der Waals surface area (Å²) in [6.45, 7) is 0.515. The fraction of sp³-hybridized carbons (Fsp3) is 0.812. The lowest BCUT2D eigenvalue weighted by Crippen LogP contribution is -2.41. The lowest BCUT2D eigenvalue weighted by molar-refractivity contribution is -0.188. The molecule has 142 valence electrons. The minimum absolute atomic E-state index is 0.0599. The number of likely N-dealkylation sites (tertiary alicyclic amines) is 1. The van der Waals surface area contributed by atoms with Gasteiger partial charge in [-0.05, 0) is 19.8 Å². The molecule has 6 nitrogen and oxygen atoms in total. The number of alkyl halides is 3. The summed E-state index contributed by atoms with van der Waals surface area (Å²) in [5.74, 6) is -6.02. The quantitative estimate of drug-likeness (QED) is 0.779. The number of amides is 2. The third-order valence-electron chi connectivity index (χ3n) is 5.01. The molecule has 2 aliphatic rings. The van der Waals surface area contributed by atoms with Crippen molar-refractivity contribution in [1.82, 2.24) is 10.2 Å². The molecule has 0 aromatic carbocycles. The van der Waals surface area contributed by atoms with E-state index in [0.29, 0.717) is 0 Å². The number of nitrogens with one attached hydrogen (secondary N) is 1. The van der Waals surface area contributed by atoms with Crippen molar-refractivity contribution >= 4 is 17.8 Å². The predicted octanol–water partition coefficient (Wildman–Crippen LogP) is 1.79. The molecule has 0 aromatic rings. The van der Waals surface area contributed by atoms with Crippen molar-refractivity contribution < 1.29 is 32.7 Å². The van der Waals surface area contributed by atoms with E-state index in [2.05, 4.69) is 5.32 Å². The molecule has 1 aliphatic carbocycles. The van der Waals surface area contributed by atoms with E-state index in [1.807, 2.05) is 0 Å². The molecule has 0 aromatic heterocycles. The maximum atomic E-state index is 13.0. The number of aliphatic carboxylic acids is 1. The number of hydrogen-bond donors (Lipinski definition) is 2. The smallest absolute Gasteiger partial charge is 0.394 e. The van der Waals surface area contributed by atoms with Gasteiger partial charge < -0.3 is 15.3 Å². The normalized spacial score (nSPS) is 25.8. The molecule has 2 fully saturated rings. The first kappa shape index (κ1) is 19.5. The molecule has 3 atom stereocenters. The van der Waals surface area contributed by atoms with Gasteiger partial charge in [0.25, 0.3) is 0 Å². The summed E-state index contributed by atoms with van der Waals surface area (Å²) in [6, 6.07) is -0.506. The molecule has 1 saturated heterocycles. The second-order valence-electron chi connectivity index (χ2n) is 6.99. The molecule has 2 rings (SSSR count). The van der Waals surface area contributed by atoms with Crippen LogP contribution in [0.1, 0.15) is 39.0 Å². The highest BCUT2D eigenvalue weighted by molar-refractivity contribution is 5.82. The number of halogens is 3. The zero-order valence-corrected chi connectivity index (χ0v) is 14.0. The first-order valence-corrected chi connectivity index (χ1v) is 8.47. The minimum atomic E-state index is -4.67. The first-order chi connectivity index (χ1) is 11.6. The van der Waals surface area contributed by atoms with Gasteiger partial charge in [-0.1, -0.05) is 12.8 Å². The van der Waals surface area contributed by atoms with Crippen molar-refractivity contribution in [3.8, 4) is 0 Å². The van der Waals surface area contributed by atoms with E-state index < -0.39 is 49.0 Å². The Kier molecular flexibility index (Phi) is 5.95. The number of hydrogen-bond acceptors (Lipinski definition) is 3. The van der Waals surface area contributed by atoms with E-state index in [0.717, 1.165) is 30.6 Å². The van der Waals surface area contributed by atoms with Crippen LogP contribution in [0.3, 0.4) is 0 Å². The second kappa shape index (κ2) is 7.61. The molecule has 9 heteroatoms. The van der Waals surface area contributed by atoms with Gasteiger partial charge in [0, 0.05) is 31.5 Å². The number of nitrogens with zero attached hydrogens (tertiary/aromatic N) is 1. The Morgan fingerprint density at radius 2 is 1.80 bits per heavy atom. The molecule has 2 amide bonds. The maximum Gasteiger partial charge on any atom is 0.394 e. The van der Waals surface area contributed by atoms with Gasteiger partial charge in [0.15, 0.2) is 0 Å². The van der Waals surface area contributed by atoms with E-state index in [1.165, 1.54) is 0 Å². The van der Waals surface area contributed by atoms with Crippen LogP contribution in [0.4, 0.5) is 13.2 Å². The number of carbonyl (C=O) groups is 3. The van der Waals surface area contributed by atoms with Crippen molar-refractivity contribution in [3.63, 3.8) is 0 Å². The van der Waals surface area contributed by atoms with E-state index in [4.69, 9.17) is 5.11 Å². The molecular formula is C16H23F3N2O4. The Labute approximate surface area is 143 Å². The lowest BCUT2D eigenvalue weighted by atomic mass is 9.96. The molecule has 2 N–H and O–H groups in total. The Morgan fingerprint density at radius 3 is 2.28 bits per heavy atom. The summed E-state index contributed by atoms with van der Waals surface area (Å²) in [6.07, 6.45) is -1.20. The minimum Gasteiger partial charge on any atom is -0.481 e. The maximum absolute atomic E-state index is 13.0. The average molecular weight is 364 g/mol. The number of carboxylic acid groups (broad SMARTS) is 1. The highest BCUT2D eigenvalue weighted by Crippen LogP contribution is 2.38. The van der Waals surface area contributed by atoms with Gasteiger partial charge in [-0.3, -0.25) is 14.4 Å². The predicted molar refractivity (Wildman–Crippen MR) is 81.4 cm³/mol. The summed E-state index contributed by atoms with van der Waals surface area (Å²) in [5.41, 5.74) is 0. The number of carboxylic acids is 1.